The van der Waals surface area contributed by atoms with Crippen LogP contribution < -0.4 is 4.74 Å². The highest BCUT2D eigenvalue weighted by Gasteiger charge is 2.28. The summed E-state index contributed by atoms with van der Waals surface area (Å²) in [6.07, 6.45) is 1.56. The van der Waals surface area contributed by atoms with Crippen LogP contribution in [0.15, 0.2) is 41.3 Å². The van der Waals surface area contributed by atoms with E-state index in [9.17, 15) is 13.2 Å². The summed E-state index contributed by atoms with van der Waals surface area (Å²) in [6, 6.07) is 11.1. The van der Waals surface area contributed by atoms with E-state index in [4.69, 9.17) is 4.74 Å². The first-order valence-electron chi connectivity index (χ1n) is 11.3. The first-order chi connectivity index (χ1) is 15.2. The van der Waals surface area contributed by atoms with Crippen LogP contribution in [0.1, 0.15) is 53.7 Å². The summed E-state index contributed by atoms with van der Waals surface area (Å²) < 4.78 is 33.6. The highest BCUT2D eigenvalue weighted by atomic mass is 32.2. The molecule has 0 spiro atoms. The number of benzene rings is 2. The van der Waals surface area contributed by atoms with Gasteiger partial charge in [-0.25, -0.2) is 8.42 Å². The molecule has 1 saturated heterocycles. The lowest BCUT2D eigenvalue weighted by atomic mass is 10.1. The molecule has 1 aliphatic rings. The Morgan fingerprint density at radius 2 is 1.59 bits per heavy atom. The van der Waals surface area contributed by atoms with E-state index in [-0.39, 0.29) is 16.9 Å². The van der Waals surface area contributed by atoms with E-state index in [0.29, 0.717) is 37.3 Å². The third-order valence-corrected chi connectivity index (χ3v) is 8.46. The molecule has 0 bridgehead atoms. The molecule has 3 rings (SSSR count). The number of carbonyl (C=O) groups is 1. The van der Waals surface area contributed by atoms with Gasteiger partial charge in [-0.05, 0) is 61.7 Å². The lowest BCUT2D eigenvalue weighted by molar-refractivity contribution is 0.0595. The van der Waals surface area contributed by atoms with Gasteiger partial charge in [-0.15, -0.1) is 0 Å². The van der Waals surface area contributed by atoms with Crippen LogP contribution in [-0.2, 0) is 10.0 Å². The highest BCUT2D eigenvalue weighted by Crippen LogP contribution is 2.25. The van der Waals surface area contributed by atoms with E-state index in [1.54, 1.807) is 24.0 Å². The Labute approximate surface area is 192 Å². The minimum atomic E-state index is -3.63. The first kappa shape index (κ1) is 24.3. The van der Waals surface area contributed by atoms with Gasteiger partial charge >= 0.3 is 0 Å². The van der Waals surface area contributed by atoms with Gasteiger partial charge in [0.15, 0.2) is 0 Å². The average Bonchev–Trinajstić information content (AvgIpc) is 2.77. The van der Waals surface area contributed by atoms with Crippen LogP contribution in [0.25, 0.3) is 0 Å². The number of likely N-dealkylation sites (tertiary alicyclic amines) is 1. The van der Waals surface area contributed by atoms with E-state index in [1.807, 2.05) is 19.9 Å². The van der Waals surface area contributed by atoms with Gasteiger partial charge in [0.05, 0.1) is 4.90 Å². The molecule has 32 heavy (non-hydrogen) atoms. The minimum Gasteiger partial charge on any atom is -0.490 e. The maximum atomic E-state index is 13.1. The van der Waals surface area contributed by atoms with Gasteiger partial charge in [-0.3, -0.25) is 4.79 Å². The average molecular weight is 459 g/mol. The fraction of sp³-hybridized carbons (Fsp3) is 0.480. The number of amides is 1. The zero-order valence-corrected chi connectivity index (χ0v) is 20.5. The van der Waals surface area contributed by atoms with Crippen LogP contribution in [0.2, 0.25) is 0 Å². The van der Waals surface area contributed by atoms with Crippen molar-refractivity contribution >= 4 is 15.9 Å². The minimum absolute atomic E-state index is 0.0674. The van der Waals surface area contributed by atoms with Crippen molar-refractivity contribution < 1.29 is 17.9 Å². The van der Waals surface area contributed by atoms with Crippen molar-refractivity contribution in [2.45, 2.75) is 58.5 Å². The lowest BCUT2D eigenvalue weighted by Crippen LogP contribution is -2.42. The standard InChI is InChI=1S/C25H34N2O4S/c1-6-27(7-2)32(29,30)24-17-21(10-8-19(24)4)25(28)26-14-12-22(13-15-26)31-23-11-9-18(3)20(5)16-23/h8-11,16-17,22H,6-7,12-15H2,1-5H3. The molecule has 2 aromatic carbocycles. The van der Waals surface area contributed by atoms with Crippen molar-refractivity contribution in [3.8, 4) is 5.75 Å². The number of carbonyl (C=O) groups excluding carboxylic acids is 1. The summed E-state index contributed by atoms with van der Waals surface area (Å²) in [7, 11) is -3.63. The molecule has 0 saturated carbocycles. The van der Waals surface area contributed by atoms with Gasteiger partial charge in [-0.2, -0.15) is 4.31 Å². The van der Waals surface area contributed by atoms with E-state index >= 15 is 0 Å². The molecule has 174 valence electrons. The quantitative estimate of drug-likeness (QED) is 0.620. The number of piperidine rings is 1. The number of hydrogen-bond acceptors (Lipinski definition) is 4. The number of aryl methyl sites for hydroxylation is 3. The number of ether oxygens (including phenoxy) is 1. The third-order valence-electron chi connectivity index (χ3n) is 6.27. The Bertz CT molecular complexity index is 1070. The summed E-state index contributed by atoms with van der Waals surface area (Å²) >= 11 is 0. The van der Waals surface area contributed by atoms with Gasteiger partial charge in [0, 0.05) is 44.6 Å². The predicted molar refractivity (Wildman–Crippen MR) is 127 cm³/mol. The summed E-state index contributed by atoms with van der Waals surface area (Å²) in [4.78, 5) is 15.1. The molecule has 0 N–H and O–H groups in total. The summed E-state index contributed by atoms with van der Waals surface area (Å²) in [6.45, 7) is 11.5. The van der Waals surface area contributed by atoms with Gasteiger partial charge in [0.2, 0.25) is 10.0 Å². The summed E-state index contributed by atoms with van der Waals surface area (Å²) in [5.41, 5.74) is 3.49. The third kappa shape index (κ3) is 5.15. The van der Waals surface area contributed by atoms with E-state index in [0.717, 1.165) is 18.6 Å². The Morgan fingerprint density at radius 3 is 2.19 bits per heavy atom. The molecule has 1 fully saturated rings. The number of hydrogen-bond donors (Lipinski definition) is 0. The SMILES string of the molecule is CCN(CC)S(=O)(=O)c1cc(C(=O)N2CCC(Oc3ccc(C)c(C)c3)CC2)ccc1C. The van der Waals surface area contributed by atoms with Crippen LogP contribution in [0.3, 0.4) is 0 Å². The van der Waals surface area contributed by atoms with Crippen molar-refractivity contribution in [1.82, 2.24) is 9.21 Å². The van der Waals surface area contributed by atoms with Crippen LogP contribution in [0, 0.1) is 20.8 Å². The molecule has 0 unspecified atom stereocenters. The molecule has 0 aliphatic carbocycles. The molecule has 1 heterocycles. The maximum absolute atomic E-state index is 13.1. The normalized spacial score (nSPS) is 15.2. The van der Waals surface area contributed by atoms with Crippen molar-refractivity contribution in [3.05, 3.63) is 58.7 Å². The first-order valence-corrected chi connectivity index (χ1v) is 12.7. The van der Waals surface area contributed by atoms with Gasteiger partial charge < -0.3 is 9.64 Å². The Balaban J connectivity index is 1.69. The zero-order valence-electron chi connectivity index (χ0n) is 19.7. The van der Waals surface area contributed by atoms with Crippen molar-refractivity contribution in [2.24, 2.45) is 0 Å². The van der Waals surface area contributed by atoms with Crippen molar-refractivity contribution in [3.63, 3.8) is 0 Å². The Morgan fingerprint density at radius 1 is 0.969 bits per heavy atom. The van der Waals surface area contributed by atoms with Gasteiger partial charge in [-0.1, -0.05) is 26.0 Å². The number of rotatable bonds is 7. The van der Waals surface area contributed by atoms with Crippen molar-refractivity contribution in [2.75, 3.05) is 26.2 Å². The fourth-order valence-corrected chi connectivity index (χ4v) is 5.76. The molecular weight excluding hydrogens is 424 g/mol. The van der Waals surface area contributed by atoms with Crippen molar-refractivity contribution in [1.29, 1.82) is 0 Å². The summed E-state index contributed by atoms with van der Waals surface area (Å²) in [5, 5.41) is 0. The van der Waals surface area contributed by atoms with Crippen LogP contribution in [0.4, 0.5) is 0 Å². The topological polar surface area (TPSA) is 66.9 Å². The lowest BCUT2D eigenvalue weighted by Gasteiger charge is -2.32. The van der Waals surface area contributed by atoms with Crippen LogP contribution in [-0.4, -0.2) is 55.8 Å². The van der Waals surface area contributed by atoms with E-state index in [2.05, 4.69) is 26.0 Å². The highest BCUT2D eigenvalue weighted by molar-refractivity contribution is 7.89. The molecule has 0 aromatic heterocycles. The van der Waals surface area contributed by atoms with E-state index in [1.165, 1.54) is 21.5 Å². The smallest absolute Gasteiger partial charge is 0.253 e. The number of sulfonamides is 1. The second-order valence-electron chi connectivity index (χ2n) is 8.43. The Kier molecular flexibility index (Phi) is 7.62. The maximum Gasteiger partial charge on any atom is 0.253 e. The molecule has 0 radical (unpaired) electrons. The molecule has 2 aromatic rings. The van der Waals surface area contributed by atoms with Crippen LogP contribution in [0.5, 0.6) is 5.75 Å². The monoisotopic (exact) mass is 458 g/mol. The predicted octanol–water partition coefficient (Wildman–Crippen LogP) is 4.33. The molecule has 1 amide bonds. The molecule has 0 atom stereocenters. The van der Waals surface area contributed by atoms with Gasteiger partial charge in [0.1, 0.15) is 11.9 Å². The second kappa shape index (κ2) is 10.0. The fourth-order valence-electron chi connectivity index (χ4n) is 4.05. The molecule has 1 aliphatic heterocycles. The molecule has 7 heteroatoms. The number of nitrogens with zero attached hydrogens (tertiary/aromatic N) is 2. The molecular formula is C25H34N2O4S. The molecule has 6 nitrogen and oxygen atoms in total. The van der Waals surface area contributed by atoms with Gasteiger partial charge in [0.25, 0.3) is 5.91 Å². The second-order valence-corrected chi connectivity index (χ2v) is 10.3. The Hall–Kier alpha value is -2.38. The largest absolute Gasteiger partial charge is 0.490 e. The summed E-state index contributed by atoms with van der Waals surface area (Å²) in [5.74, 6) is 0.730. The van der Waals surface area contributed by atoms with E-state index < -0.39 is 10.0 Å². The zero-order chi connectivity index (χ0) is 23.5. The van der Waals surface area contributed by atoms with Crippen LogP contribution >= 0.6 is 0 Å².